The van der Waals surface area contributed by atoms with E-state index in [1.54, 1.807) is 0 Å². The van der Waals surface area contributed by atoms with Gasteiger partial charge in [0.25, 0.3) is 0 Å². The molecule has 2 N–H and O–H groups in total. The lowest BCUT2D eigenvalue weighted by Gasteiger charge is -2.07. The van der Waals surface area contributed by atoms with E-state index in [0.29, 0.717) is 23.9 Å². The van der Waals surface area contributed by atoms with Gasteiger partial charge in [0, 0.05) is 28.7 Å². The van der Waals surface area contributed by atoms with E-state index in [1.807, 2.05) is 24.4 Å². The Labute approximate surface area is 112 Å². The second-order valence-corrected chi connectivity index (χ2v) is 5.31. The highest BCUT2D eigenvalue weighted by molar-refractivity contribution is 6.31. The van der Waals surface area contributed by atoms with E-state index in [-0.39, 0.29) is 5.91 Å². The minimum Gasteiger partial charge on any atom is -0.361 e. The molecule has 0 aliphatic rings. The molecule has 1 aromatic heterocycles. The van der Waals surface area contributed by atoms with Crippen molar-refractivity contribution in [2.75, 3.05) is 6.54 Å². The molecule has 0 spiro atoms. The Bertz CT molecular complexity index is 560. The first kappa shape index (κ1) is 13.0. The smallest absolute Gasteiger partial charge is 0.224 e. The molecule has 1 aromatic carbocycles. The van der Waals surface area contributed by atoms with E-state index < -0.39 is 0 Å². The number of H-pyrrole nitrogens is 1. The number of hydrogen-bond donors (Lipinski definition) is 2. The van der Waals surface area contributed by atoms with E-state index in [2.05, 4.69) is 24.1 Å². The number of hydrogen-bond acceptors (Lipinski definition) is 1. The summed E-state index contributed by atoms with van der Waals surface area (Å²) in [5.41, 5.74) is 1.99. The molecule has 0 radical (unpaired) electrons. The maximum absolute atomic E-state index is 11.8. The summed E-state index contributed by atoms with van der Waals surface area (Å²) in [6, 6.07) is 5.65. The Hall–Kier alpha value is -1.48. The van der Waals surface area contributed by atoms with Crippen molar-refractivity contribution in [3.63, 3.8) is 0 Å². The summed E-state index contributed by atoms with van der Waals surface area (Å²) in [7, 11) is 0. The summed E-state index contributed by atoms with van der Waals surface area (Å²) in [6.45, 7) is 4.86. The Morgan fingerprint density at radius 2 is 2.22 bits per heavy atom. The van der Waals surface area contributed by atoms with Crippen molar-refractivity contribution in [2.24, 2.45) is 5.92 Å². The molecule has 0 atom stereocenters. The van der Waals surface area contributed by atoms with Crippen LogP contribution in [0.4, 0.5) is 0 Å². The second kappa shape index (κ2) is 5.44. The first-order chi connectivity index (χ1) is 8.56. The number of carbonyl (C=O) groups excluding carboxylic acids is 1. The van der Waals surface area contributed by atoms with Crippen LogP contribution in [0.5, 0.6) is 0 Å². The van der Waals surface area contributed by atoms with Gasteiger partial charge in [0.1, 0.15) is 0 Å². The van der Waals surface area contributed by atoms with Crippen LogP contribution in [0, 0.1) is 5.92 Å². The summed E-state index contributed by atoms with van der Waals surface area (Å²) >= 11 is 5.97. The maximum atomic E-state index is 11.8. The van der Waals surface area contributed by atoms with E-state index >= 15 is 0 Å². The average molecular weight is 265 g/mol. The molecule has 0 saturated carbocycles. The van der Waals surface area contributed by atoms with Gasteiger partial charge in [0.05, 0.1) is 6.42 Å². The third kappa shape index (κ3) is 3.05. The summed E-state index contributed by atoms with van der Waals surface area (Å²) in [5.74, 6) is 0.510. The number of benzene rings is 1. The van der Waals surface area contributed by atoms with Gasteiger partial charge in [-0.3, -0.25) is 4.79 Å². The Morgan fingerprint density at radius 3 is 2.94 bits per heavy atom. The second-order valence-electron chi connectivity index (χ2n) is 4.88. The number of aromatic amines is 1. The van der Waals surface area contributed by atoms with Gasteiger partial charge < -0.3 is 10.3 Å². The molecule has 2 rings (SSSR count). The molecule has 0 unspecified atom stereocenters. The van der Waals surface area contributed by atoms with E-state index in [9.17, 15) is 4.79 Å². The van der Waals surface area contributed by atoms with Gasteiger partial charge in [0.15, 0.2) is 0 Å². The molecule has 96 valence electrons. The fourth-order valence-corrected chi connectivity index (χ4v) is 2.02. The van der Waals surface area contributed by atoms with E-state index in [0.717, 1.165) is 16.5 Å². The van der Waals surface area contributed by atoms with Gasteiger partial charge in [-0.25, -0.2) is 0 Å². The molecule has 0 aliphatic carbocycles. The predicted octanol–water partition coefficient (Wildman–Crippen LogP) is 3.14. The van der Waals surface area contributed by atoms with Gasteiger partial charge in [-0.2, -0.15) is 0 Å². The summed E-state index contributed by atoms with van der Waals surface area (Å²) in [4.78, 5) is 14.9. The lowest BCUT2D eigenvalue weighted by molar-refractivity contribution is -0.120. The lowest BCUT2D eigenvalue weighted by Crippen LogP contribution is -2.28. The fraction of sp³-hybridized carbons (Fsp3) is 0.357. The molecule has 2 aromatic rings. The van der Waals surface area contributed by atoms with Crippen LogP contribution in [0.2, 0.25) is 5.02 Å². The number of carbonyl (C=O) groups is 1. The van der Waals surface area contributed by atoms with Crippen LogP contribution in [0.25, 0.3) is 10.9 Å². The first-order valence-corrected chi connectivity index (χ1v) is 6.46. The van der Waals surface area contributed by atoms with Crippen molar-refractivity contribution in [1.29, 1.82) is 0 Å². The third-order valence-electron chi connectivity index (χ3n) is 2.79. The zero-order chi connectivity index (χ0) is 13.1. The highest BCUT2D eigenvalue weighted by Gasteiger charge is 2.09. The van der Waals surface area contributed by atoms with Crippen molar-refractivity contribution in [2.45, 2.75) is 20.3 Å². The summed E-state index contributed by atoms with van der Waals surface area (Å²) < 4.78 is 0. The third-order valence-corrected chi connectivity index (χ3v) is 3.02. The quantitative estimate of drug-likeness (QED) is 0.876. The van der Waals surface area contributed by atoms with Gasteiger partial charge in [0.2, 0.25) is 5.91 Å². The van der Waals surface area contributed by atoms with Crippen molar-refractivity contribution in [3.8, 4) is 0 Å². The van der Waals surface area contributed by atoms with Gasteiger partial charge in [-0.1, -0.05) is 25.4 Å². The van der Waals surface area contributed by atoms with Crippen LogP contribution in [-0.2, 0) is 11.2 Å². The normalized spacial score (nSPS) is 11.1. The zero-order valence-corrected chi connectivity index (χ0v) is 11.3. The largest absolute Gasteiger partial charge is 0.361 e. The SMILES string of the molecule is CC(C)CNC(=O)Cc1c[nH]c2ccc(Cl)cc12. The van der Waals surface area contributed by atoms with Gasteiger partial charge in [-0.05, 0) is 29.7 Å². The molecule has 0 fully saturated rings. The standard InChI is InChI=1S/C14H17ClN2O/c1-9(2)7-17-14(18)5-10-8-16-13-4-3-11(15)6-12(10)13/h3-4,6,8-9,16H,5,7H2,1-2H3,(H,17,18). The molecule has 1 amide bonds. The average Bonchev–Trinajstić information content (AvgIpc) is 2.69. The molecular formula is C14H17ClN2O. The Kier molecular flexibility index (Phi) is 3.92. The van der Waals surface area contributed by atoms with Crippen LogP contribution >= 0.6 is 11.6 Å². The Balaban J connectivity index is 2.12. The van der Waals surface area contributed by atoms with Crippen molar-refractivity contribution in [3.05, 3.63) is 35.0 Å². The Morgan fingerprint density at radius 1 is 1.44 bits per heavy atom. The molecule has 4 heteroatoms. The number of amides is 1. The number of halogens is 1. The minimum absolute atomic E-state index is 0.0459. The van der Waals surface area contributed by atoms with Gasteiger partial charge >= 0.3 is 0 Å². The summed E-state index contributed by atoms with van der Waals surface area (Å²) in [6.07, 6.45) is 2.25. The van der Waals surface area contributed by atoms with Crippen molar-refractivity contribution in [1.82, 2.24) is 10.3 Å². The highest BCUT2D eigenvalue weighted by atomic mass is 35.5. The molecule has 0 saturated heterocycles. The van der Waals surface area contributed by atoms with Gasteiger partial charge in [-0.15, -0.1) is 0 Å². The van der Waals surface area contributed by atoms with Crippen LogP contribution < -0.4 is 5.32 Å². The lowest BCUT2D eigenvalue weighted by atomic mass is 10.1. The van der Waals surface area contributed by atoms with Crippen LogP contribution in [0.1, 0.15) is 19.4 Å². The maximum Gasteiger partial charge on any atom is 0.224 e. The summed E-state index contributed by atoms with van der Waals surface area (Å²) in [5, 5.41) is 4.62. The zero-order valence-electron chi connectivity index (χ0n) is 10.6. The van der Waals surface area contributed by atoms with E-state index in [1.165, 1.54) is 0 Å². The van der Waals surface area contributed by atoms with Crippen LogP contribution in [0.15, 0.2) is 24.4 Å². The molecule has 1 heterocycles. The monoisotopic (exact) mass is 264 g/mol. The first-order valence-electron chi connectivity index (χ1n) is 6.08. The fourth-order valence-electron chi connectivity index (χ4n) is 1.85. The van der Waals surface area contributed by atoms with Crippen molar-refractivity contribution >= 4 is 28.4 Å². The predicted molar refractivity (Wildman–Crippen MR) is 74.9 cm³/mol. The number of rotatable bonds is 4. The molecule has 0 bridgehead atoms. The van der Waals surface area contributed by atoms with Crippen LogP contribution in [0.3, 0.4) is 0 Å². The number of nitrogens with one attached hydrogen (secondary N) is 2. The molecular weight excluding hydrogens is 248 g/mol. The topological polar surface area (TPSA) is 44.9 Å². The molecule has 3 nitrogen and oxygen atoms in total. The molecule has 18 heavy (non-hydrogen) atoms. The van der Waals surface area contributed by atoms with Crippen molar-refractivity contribution < 1.29 is 4.79 Å². The molecule has 0 aliphatic heterocycles. The highest BCUT2D eigenvalue weighted by Crippen LogP contribution is 2.22. The number of fused-ring (bicyclic) bond motifs is 1. The van der Waals surface area contributed by atoms with E-state index in [4.69, 9.17) is 11.6 Å². The van der Waals surface area contributed by atoms with Crippen LogP contribution in [-0.4, -0.2) is 17.4 Å². The number of aromatic nitrogens is 1. The minimum atomic E-state index is 0.0459.